The Bertz CT molecular complexity index is 3460. The molecule has 0 unspecified atom stereocenters. The van der Waals surface area contributed by atoms with Crippen LogP contribution in [0.25, 0.3) is 77.2 Å². The highest BCUT2D eigenvalue weighted by Gasteiger charge is 2.51. The van der Waals surface area contributed by atoms with Crippen LogP contribution in [0.4, 0.5) is 17.1 Å². The predicted molar refractivity (Wildman–Crippen MR) is 253 cm³/mol. The molecular weight excluding hydrogens is 739 g/mol. The highest BCUT2D eigenvalue weighted by molar-refractivity contribution is 6.22. The fourth-order valence-electron chi connectivity index (χ4n) is 10.8. The topological polar surface area (TPSA) is 16.4 Å². The van der Waals surface area contributed by atoms with Gasteiger partial charge < -0.3 is 9.32 Å². The van der Waals surface area contributed by atoms with E-state index in [0.717, 1.165) is 50.1 Å². The molecule has 13 rings (SSSR count). The van der Waals surface area contributed by atoms with Crippen LogP contribution in [0.15, 0.2) is 229 Å². The number of benzene rings is 10. The van der Waals surface area contributed by atoms with Gasteiger partial charge in [0.15, 0.2) is 0 Å². The van der Waals surface area contributed by atoms with E-state index in [1.54, 1.807) is 0 Å². The quantitative estimate of drug-likeness (QED) is 0.173. The van der Waals surface area contributed by atoms with Gasteiger partial charge in [0.25, 0.3) is 0 Å². The molecule has 10 aromatic carbocycles. The lowest BCUT2D eigenvalue weighted by Crippen LogP contribution is -2.26. The minimum absolute atomic E-state index is 0.468. The van der Waals surface area contributed by atoms with Gasteiger partial charge in [-0.1, -0.05) is 182 Å². The highest BCUT2D eigenvalue weighted by Crippen LogP contribution is 2.63. The number of fused-ring (bicyclic) bond motifs is 15. The van der Waals surface area contributed by atoms with Crippen molar-refractivity contribution in [1.82, 2.24) is 0 Å². The van der Waals surface area contributed by atoms with Crippen LogP contribution in [0.1, 0.15) is 22.3 Å². The lowest BCUT2D eigenvalue weighted by atomic mass is 9.70. The molecule has 0 radical (unpaired) electrons. The van der Waals surface area contributed by atoms with E-state index in [9.17, 15) is 0 Å². The number of furan rings is 1. The molecule has 1 heterocycles. The Morgan fingerprint density at radius 3 is 1.57 bits per heavy atom. The molecule has 2 heteroatoms. The third kappa shape index (κ3) is 4.79. The van der Waals surface area contributed by atoms with E-state index in [1.165, 1.54) is 66.4 Å². The molecule has 0 atom stereocenters. The Kier molecular flexibility index (Phi) is 7.26. The average molecular weight is 776 g/mol. The summed E-state index contributed by atoms with van der Waals surface area (Å²) in [4.78, 5) is 2.45. The molecule has 2 nitrogen and oxygen atoms in total. The van der Waals surface area contributed by atoms with Crippen LogP contribution < -0.4 is 4.90 Å². The van der Waals surface area contributed by atoms with Crippen LogP contribution in [0.2, 0.25) is 0 Å². The second-order valence-corrected chi connectivity index (χ2v) is 16.3. The molecule has 0 N–H and O–H groups in total. The standard InChI is InChI=1S/C59H37NO/c1-3-15-38(16-4-1)39-27-30-42(31-28-39)60(54-35-34-49-57-44-20-8-7-17-40(44)29-36-55(57)61-58(49)56(54)41-18-5-2-6-19-41)43-32-33-48-47-23-11-14-26-52(47)59(53(48)37-43)50-24-12-9-21-45(50)46-22-10-13-25-51(46)59/h1-37H. The maximum atomic E-state index is 7.03. The van der Waals surface area contributed by atoms with E-state index in [4.69, 9.17) is 4.42 Å². The number of nitrogens with zero attached hydrogens (tertiary/aromatic N) is 1. The third-order valence-corrected chi connectivity index (χ3v) is 13.3. The highest BCUT2D eigenvalue weighted by atomic mass is 16.3. The minimum Gasteiger partial charge on any atom is -0.455 e. The first-order valence-corrected chi connectivity index (χ1v) is 21.1. The van der Waals surface area contributed by atoms with Crippen molar-refractivity contribution in [3.8, 4) is 44.5 Å². The Morgan fingerprint density at radius 1 is 0.361 bits per heavy atom. The van der Waals surface area contributed by atoms with Crippen molar-refractivity contribution in [1.29, 1.82) is 0 Å². The van der Waals surface area contributed by atoms with Crippen LogP contribution in [0, 0.1) is 0 Å². The van der Waals surface area contributed by atoms with Crippen molar-refractivity contribution in [3.63, 3.8) is 0 Å². The SMILES string of the molecule is c1ccc(-c2ccc(N(c3ccc4c(c3)C3(c5ccccc5-c5ccccc53)c3ccccc3-4)c3ccc4c(oc5ccc6ccccc6c54)c3-c3ccccc3)cc2)cc1. The molecular formula is C59H37NO. The summed E-state index contributed by atoms with van der Waals surface area (Å²) in [5.41, 5.74) is 19.5. The van der Waals surface area contributed by atoms with Crippen molar-refractivity contribution < 1.29 is 4.42 Å². The summed E-state index contributed by atoms with van der Waals surface area (Å²) in [5.74, 6) is 0. The first kappa shape index (κ1) is 34.0. The Hall–Kier alpha value is -7.94. The molecule has 1 aromatic heterocycles. The van der Waals surface area contributed by atoms with E-state index >= 15 is 0 Å². The number of anilines is 3. The van der Waals surface area contributed by atoms with Gasteiger partial charge in [-0.2, -0.15) is 0 Å². The van der Waals surface area contributed by atoms with Crippen molar-refractivity contribution in [2.45, 2.75) is 5.41 Å². The van der Waals surface area contributed by atoms with Crippen LogP contribution in [-0.2, 0) is 5.41 Å². The van der Waals surface area contributed by atoms with Crippen LogP contribution in [0.5, 0.6) is 0 Å². The predicted octanol–water partition coefficient (Wildman–Crippen LogP) is 15.9. The summed E-state index contributed by atoms with van der Waals surface area (Å²) in [7, 11) is 0. The van der Waals surface area contributed by atoms with Crippen LogP contribution in [-0.4, -0.2) is 0 Å². The van der Waals surface area contributed by atoms with Gasteiger partial charge in [0.05, 0.1) is 11.1 Å². The molecule has 11 aromatic rings. The first-order chi connectivity index (χ1) is 30.3. The molecule has 61 heavy (non-hydrogen) atoms. The maximum Gasteiger partial charge on any atom is 0.145 e. The second-order valence-electron chi connectivity index (χ2n) is 16.3. The minimum atomic E-state index is -0.468. The fourth-order valence-corrected chi connectivity index (χ4v) is 10.8. The fraction of sp³-hybridized carbons (Fsp3) is 0.0169. The molecule has 284 valence electrons. The first-order valence-electron chi connectivity index (χ1n) is 21.1. The summed E-state index contributed by atoms with van der Waals surface area (Å²) in [5, 5.41) is 4.65. The van der Waals surface area contributed by atoms with Crippen LogP contribution in [0.3, 0.4) is 0 Å². The summed E-state index contributed by atoms with van der Waals surface area (Å²) in [6.07, 6.45) is 0. The van der Waals surface area contributed by atoms with Gasteiger partial charge in [-0.05, 0) is 114 Å². The average Bonchev–Trinajstić information content (AvgIpc) is 3.97. The van der Waals surface area contributed by atoms with Gasteiger partial charge in [0.2, 0.25) is 0 Å². The molecule has 0 saturated heterocycles. The normalized spacial score (nSPS) is 13.0. The third-order valence-electron chi connectivity index (χ3n) is 13.3. The van der Waals surface area contributed by atoms with E-state index in [-0.39, 0.29) is 0 Å². The number of hydrogen-bond acceptors (Lipinski definition) is 2. The lowest BCUT2D eigenvalue weighted by molar-refractivity contribution is 0.670. The van der Waals surface area contributed by atoms with Gasteiger partial charge in [0.1, 0.15) is 11.2 Å². The van der Waals surface area contributed by atoms with Crippen molar-refractivity contribution in [2.75, 3.05) is 4.90 Å². The maximum absolute atomic E-state index is 7.03. The molecule has 2 aliphatic rings. The molecule has 0 amide bonds. The second kappa shape index (κ2) is 13.0. The largest absolute Gasteiger partial charge is 0.455 e. The molecule has 0 aliphatic heterocycles. The Balaban J connectivity index is 1.11. The monoisotopic (exact) mass is 775 g/mol. The van der Waals surface area contributed by atoms with E-state index in [1.807, 2.05) is 0 Å². The Labute approximate surface area is 354 Å². The molecule has 0 bridgehead atoms. The van der Waals surface area contributed by atoms with Gasteiger partial charge in [-0.25, -0.2) is 0 Å². The molecule has 0 saturated carbocycles. The zero-order valence-corrected chi connectivity index (χ0v) is 33.2. The van der Waals surface area contributed by atoms with Gasteiger partial charge >= 0.3 is 0 Å². The summed E-state index contributed by atoms with van der Waals surface area (Å²) in [6, 6.07) is 82.2. The van der Waals surface area contributed by atoms with E-state index in [2.05, 4.69) is 229 Å². The summed E-state index contributed by atoms with van der Waals surface area (Å²) < 4.78 is 7.03. The van der Waals surface area contributed by atoms with Crippen molar-refractivity contribution >= 4 is 49.8 Å². The molecule has 2 aliphatic carbocycles. The molecule has 1 spiro atoms. The van der Waals surface area contributed by atoms with E-state index < -0.39 is 5.41 Å². The zero-order valence-electron chi connectivity index (χ0n) is 33.2. The van der Waals surface area contributed by atoms with E-state index in [0.29, 0.717) is 0 Å². The van der Waals surface area contributed by atoms with Crippen molar-refractivity contribution in [3.05, 3.63) is 247 Å². The Morgan fingerprint density at radius 2 is 0.902 bits per heavy atom. The summed E-state index contributed by atoms with van der Waals surface area (Å²) >= 11 is 0. The summed E-state index contributed by atoms with van der Waals surface area (Å²) in [6.45, 7) is 0. The van der Waals surface area contributed by atoms with Crippen LogP contribution >= 0.6 is 0 Å². The zero-order chi connectivity index (χ0) is 40.1. The van der Waals surface area contributed by atoms with Gasteiger partial charge in [-0.3, -0.25) is 0 Å². The smallest absolute Gasteiger partial charge is 0.145 e. The van der Waals surface area contributed by atoms with Crippen molar-refractivity contribution in [2.24, 2.45) is 0 Å². The van der Waals surface area contributed by atoms with Gasteiger partial charge in [-0.15, -0.1) is 0 Å². The molecule has 0 fully saturated rings. The number of hydrogen-bond donors (Lipinski definition) is 0. The number of rotatable bonds is 5. The van der Waals surface area contributed by atoms with Gasteiger partial charge in [0, 0.05) is 27.7 Å². The lowest BCUT2D eigenvalue weighted by Gasteiger charge is -2.32.